The number of nitriles is 1. The molecule has 0 bridgehead atoms. The largest absolute Gasteiger partial charge is 0.491 e. The molecule has 0 aromatic heterocycles. The third-order valence-corrected chi connectivity index (χ3v) is 2.49. The molecule has 1 N–H and O–H groups in total. The van der Waals surface area contributed by atoms with Crippen LogP contribution < -0.4 is 10.1 Å². The van der Waals surface area contributed by atoms with Gasteiger partial charge in [-0.3, -0.25) is 4.79 Å². The summed E-state index contributed by atoms with van der Waals surface area (Å²) < 4.78 is 5.61. The van der Waals surface area contributed by atoms with Gasteiger partial charge in [-0.25, -0.2) is 0 Å². The minimum Gasteiger partial charge on any atom is -0.491 e. The van der Waals surface area contributed by atoms with E-state index in [1.54, 1.807) is 12.1 Å². The molecule has 0 heterocycles. The summed E-state index contributed by atoms with van der Waals surface area (Å²) in [6.45, 7) is 5.64. The van der Waals surface area contributed by atoms with Crippen LogP contribution in [0.1, 0.15) is 27.2 Å². The van der Waals surface area contributed by atoms with Crippen LogP contribution in [0.2, 0.25) is 0 Å². The lowest BCUT2D eigenvalue weighted by Gasteiger charge is -2.16. The molecular weight excluding hydrogens is 228 g/mol. The third-order valence-electron chi connectivity index (χ3n) is 2.49. The highest BCUT2D eigenvalue weighted by Crippen LogP contribution is 2.25. The van der Waals surface area contributed by atoms with Gasteiger partial charge in [0, 0.05) is 6.92 Å². The van der Waals surface area contributed by atoms with Crippen LogP contribution in [-0.4, -0.2) is 12.5 Å². The van der Waals surface area contributed by atoms with Crippen molar-refractivity contribution >= 4 is 11.6 Å². The minimum absolute atomic E-state index is 0.136. The minimum atomic E-state index is -0.400. The van der Waals surface area contributed by atoms with Gasteiger partial charge in [-0.15, -0.1) is 0 Å². The Bertz CT molecular complexity index is 461. The average molecular weight is 246 g/mol. The van der Waals surface area contributed by atoms with E-state index in [9.17, 15) is 4.79 Å². The van der Waals surface area contributed by atoms with E-state index in [1.165, 1.54) is 6.92 Å². The molecule has 1 aromatic rings. The summed E-state index contributed by atoms with van der Waals surface area (Å²) >= 11 is 0. The van der Waals surface area contributed by atoms with Crippen LogP contribution in [0.15, 0.2) is 24.3 Å². The average Bonchev–Trinajstić information content (AvgIpc) is 2.30. The molecule has 1 aromatic carbocycles. The van der Waals surface area contributed by atoms with E-state index in [1.807, 2.05) is 26.0 Å². The number of benzene rings is 1. The van der Waals surface area contributed by atoms with Gasteiger partial charge in [-0.05, 0) is 32.4 Å². The normalized spacial score (nSPS) is 10.6. The predicted molar refractivity (Wildman–Crippen MR) is 70.3 cm³/mol. The Balaban J connectivity index is 2.62. The Hall–Kier alpha value is -2.02. The second-order valence-electron chi connectivity index (χ2n) is 4.77. The van der Waals surface area contributed by atoms with E-state index in [0.717, 1.165) is 0 Å². The number of hydrogen-bond donors (Lipinski definition) is 1. The standard InChI is InChI=1S/C14H18N2O2/c1-11(17)16-12-6-4-5-7-13(12)18-9-8-14(2,3)10-15/h4-7H,8-9H2,1-3H3,(H,16,17). The monoisotopic (exact) mass is 246 g/mol. The topological polar surface area (TPSA) is 62.1 Å². The van der Waals surface area contributed by atoms with Gasteiger partial charge < -0.3 is 10.1 Å². The molecule has 0 radical (unpaired) electrons. The number of nitrogens with one attached hydrogen (secondary N) is 1. The number of amides is 1. The number of nitrogens with zero attached hydrogens (tertiary/aromatic N) is 1. The Morgan fingerprint density at radius 2 is 2.11 bits per heavy atom. The summed E-state index contributed by atoms with van der Waals surface area (Å²) in [7, 11) is 0. The third kappa shape index (κ3) is 4.46. The lowest BCUT2D eigenvalue weighted by Crippen LogP contribution is -2.14. The molecule has 0 spiro atoms. The highest BCUT2D eigenvalue weighted by Gasteiger charge is 2.16. The van der Waals surface area contributed by atoms with Crippen molar-refractivity contribution in [3.05, 3.63) is 24.3 Å². The zero-order valence-corrected chi connectivity index (χ0v) is 11.0. The lowest BCUT2D eigenvalue weighted by molar-refractivity contribution is -0.114. The molecule has 4 nitrogen and oxygen atoms in total. The molecule has 18 heavy (non-hydrogen) atoms. The zero-order valence-electron chi connectivity index (χ0n) is 11.0. The van der Waals surface area contributed by atoms with Gasteiger partial charge in [0.05, 0.1) is 23.8 Å². The van der Waals surface area contributed by atoms with Crippen LogP contribution in [0.25, 0.3) is 0 Å². The van der Waals surface area contributed by atoms with Crippen LogP contribution in [0.4, 0.5) is 5.69 Å². The van der Waals surface area contributed by atoms with Gasteiger partial charge in [-0.2, -0.15) is 5.26 Å². The number of ether oxygens (including phenoxy) is 1. The SMILES string of the molecule is CC(=O)Nc1ccccc1OCCC(C)(C)C#N. The van der Waals surface area contributed by atoms with Gasteiger partial charge in [-0.1, -0.05) is 12.1 Å². The van der Waals surface area contributed by atoms with Crippen molar-refractivity contribution in [3.63, 3.8) is 0 Å². The van der Waals surface area contributed by atoms with Crippen LogP contribution >= 0.6 is 0 Å². The fourth-order valence-corrected chi connectivity index (χ4v) is 1.36. The van der Waals surface area contributed by atoms with E-state index in [2.05, 4.69) is 11.4 Å². The summed E-state index contributed by atoms with van der Waals surface area (Å²) in [5.74, 6) is 0.491. The molecule has 0 saturated heterocycles. The van der Waals surface area contributed by atoms with E-state index in [4.69, 9.17) is 10.00 Å². The first-order chi connectivity index (χ1) is 8.44. The van der Waals surface area contributed by atoms with E-state index in [0.29, 0.717) is 24.5 Å². The Labute approximate surface area is 108 Å². The second kappa shape index (κ2) is 6.06. The zero-order chi connectivity index (χ0) is 13.6. The van der Waals surface area contributed by atoms with Crippen molar-refractivity contribution in [2.24, 2.45) is 5.41 Å². The van der Waals surface area contributed by atoms with Gasteiger partial charge in [0.2, 0.25) is 5.91 Å². The molecule has 0 aliphatic heterocycles. The molecule has 0 aliphatic carbocycles. The number of anilines is 1. The van der Waals surface area contributed by atoms with E-state index < -0.39 is 5.41 Å². The fourth-order valence-electron chi connectivity index (χ4n) is 1.36. The van der Waals surface area contributed by atoms with Crippen molar-refractivity contribution < 1.29 is 9.53 Å². The molecule has 0 fully saturated rings. The molecule has 4 heteroatoms. The summed E-state index contributed by atoms with van der Waals surface area (Å²) in [6, 6.07) is 9.48. The van der Waals surface area contributed by atoms with Crippen molar-refractivity contribution in [3.8, 4) is 11.8 Å². The highest BCUT2D eigenvalue weighted by molar-refractivity contribution is 5.90. The van der Waals surface area contributed by atoms with E-state index >= 15 is 0 Å². The molecular formula is C14H18N2O2. The quantitative estimate of drug-likeness (QED) is 0.868. The number of carbonyl (C=O) groups excluding carboxylic acids is 1. The summed E-state index contributed by atoms with van der Waals surface area (Å²) in [5.41, 5.74) is 0.253. The van der Waals surface area contributed by atoms with Crippen LogP contribution in [0.3, 0.4) is 0 Å². The first-order valence-corrected chi connectivity index (χ1v) is 5.85. The van der Waals surface area contributed by atoms with Crippen molar-refractivity contribution in [2.45, 2.75) is 27.2 Å². The van der Waals surface area contributed by atoms with Gasteiger partial charge >= 0.3 is 0 Å². The summed E-state index contributed by atoms with van der Waals surface area (Å²) in [5, 5.41) is 11.6. The highest BCUT2D eigenvalue weighted by atomic mass is 16.5. The van der Waals surface area contributed by atoms with Crippen LogP contribution in [-0.2, 0) is 4.79 Å². The summed E-state index contributed by atoms with van der Waals surface area (Å²) in [4.78, 5) is 11.0. The van der Waals surface area contributed by atoms with Gasteiger partial charge in [0.15, 0.2) is 0 Å². The summed E-state index contributed by atoms with van der Waals surface area (Å²) in [6.07, 6.45) is 0.637. The maximum Gasteiger partial charge on any atom is 0.221 e. The fraction of sp³-hybridized carbons (Fsp3) is 0.429. The van der Waals surface area contributed by atoms with Crippen LogP contribution in [0.5, 0.6) is 5.75 Å². The smallest absolute Gasteiger partial charge is 0.221 e. The number of carbonyl (C=O) groups is 1. The van der Waals surface area contributed by atoms with Gasteiger partial charge in [0.1, 0.15) is 5.75 Å². The van der Waals surface area contributed by atoms with Crippen molar-refractivity contribution in [2.75, 3.05) is 11.9 Å². The van der Waals surface area contributed by atoms with Crippen molar-refractivity contribution in [1.82, 2.24) is 0 Å². The van der Waals surface area contributed by atoms with Gasteiger partial charge in [0.25, 0.3) is 0 Å². The molecule has 1 rings (SSSR count). The maximum absolute atomic E-state index is 11.0. The Morgan fingerprint density at radius 3 is 2.72 bits per heavy atom. The lowest BCUT2D eigenvalue weighted by atomic mass is 9.92. The first-order valence-electron chi connectivity index (χ1n) is 5.85. The molecule has 0 unspecified atom stereocenters. The molecule has 0 saturated carbocycles. The Morgan fingerprint density at radius 1 is 1.44 bits per heavy atom. The van der Waals surface area contributed by atoms with E-state index in [-0.39, 0.29) is 5.91 Å². The Kier molecular flexibility index (Phi) is 4.73. The number of hydrogen-bond acceptors (Lipinski definition) is 3. The molecule has 0 atom stereocenters. The number of rotatable bonds is 5. The number of para-hydroxylation sites is 2. The second-order valence-corrected chi connectivity index (χ2v) is 4.77. The van der Waals surface area contributed by atoms with Crippen molar-refractivity contribution in [1.29, 1.82) is 5.26 Å². The maximum atomic E-state index is 11.0. The predicted octanol–water partition coefficient (Wildman–Crippen LogP) is 2.96. The molecule has 0 aliphatic rings. The molecule has 96 valence electrons. The van der Waals surface area contributed by atoms with Crippen LogP contribution in [0, 0.1) is 16.7 Å². The molecule has 1 amide bonds. The first kappa shape index (κ1) is 14.0.